The summed E-state index contributed by atoms with van der Waals surface area (Å²) in [5.74, 6) is -0.00644. The number of likely N-dealkylation sites (N-methyl/N-ethyl adjacent to an activating group) is 1. The molecule has 0 aliphatic rings. The van der Waals surface area contributed by atoms with E-state index in [-0.39, 0.29) is 18.3 Å². The van der Waals surface area contributed by atoms with Crippen LogP contribution in [-0.4, -0.2) is 19.0 Å². The molecular formula is C10H15ClN2O. The highest BCUT2D eigenvalue weighted by Gasteiger charge is 1.98. The summed E-state index contributed by atoms with van der Waals surface area (Å²) in [6.45, 7) is 3.14. The lowest BCUT2D eigenvalue weighted by molar-refractivity contribution is -0.115. The molecule has 14 heavy (non-hydrogen) atoms. The molecule has 0 bridgehead atoms. The summed E-state index contributed by atoms with van der Waals surface area (Å²) >= 11 is 0. The summed E-state index contributed by atoms with van der Waals surface area (Å²) in [4.78, 5) is 11.2. The van der Waals surface area contributed by atoms with Crippen LogP contribution in [0.3, 0.4) is 0 Å². The van der Waals surface area contributed by atoms with Gasteiger partial charge in [0.1, 0.15) is 0 Å². The standard InChI is InChI=1S/C10H14N2O.ClH/c1-2-11-8-10(13)12-9-6-4-3-5-7-9;/h3-7,11H,2,8H2,1H3,(H,12,13);1H. The number of halogens is 1. The second kappa shape index (κ2) is 7.35. The molecule has 1 aromatic carbocycles. The van der Waals surface area contributed by atoms with E-state index in [0.29, 0.717) is 6.54 Å². The Balaban J connectivity index is 0.00000169. The molecular weight excluding hydrogens is 200 g/mol. The smallest absolute Gasteiger partial charge is 0.238 e. The first-order valence-electron chi connectivity index (χ1n) is 4.38. The van der Waals surface area contributed by atoms with Gasteiger partial charge in [0.15, 0.2) is 0 Å². The Kier molecular flexibility index (Phi) is 6.80. The normalized spacial score (nSPS) is 8.93. The maximum absolute atomic E-state index is 11.2. The first-order chi connectivity index (χ1) is 6.33. The van der Waals surface area contributed by atoms with Crippen LogP contribution < -0.4 is 10.6 Å². The van der Waals surface area contributed by atoms with Gasteiger partial charge < -0.3 is 10.6 Å². The molecule has 1 rings (SSSR count). The first kappa shape index (κ1) is 12.9. The number of benzene rings is 1. The van der Waals surface area contributed by atoms with Gasteiger partial charge in [-0.2, -0.15) is 0 Å². The lowest BCUT2D eigenvalue weighted by Gasteiger charge is -2.04. The zero-order chi connectivity index (χ0) is 9.52. The Hall–Kier alpha value is -1.06. The Labute approximate surface area is 90.3 Å². The van der Waals surface area contributed by atoms with E-state index in [2.05, 4.69) is 10.6 Å². The van der Waals surface area contributed by atoms with Crippen molar-refractivity contribution >= 4 is 24.0 Å². The highest BCUT2D eigenvalue weighted by atomic mass is 35.5. The molecule has 0 fully saturated rings. The Bertz CT molecular complexity index is 264. The fourth-order valence-corrected chi connectivity index (χ4v) is 0.965. The van der Waals surface area contributed by atoms with Crippen molar-refractivity contribution in [1.82, 2.24) is 5.32 Å². The number of amides is 1. The number of carbonyl (C=O) groups is 1. The molecule has 0 atom stereocenters. The van der Waals surface area contributed by atoms with Crippen molar-refractivity contribution in [2.75, 3.05) is 18.4 Å². The van der Waals surface area contributed by atoms with Gasteiger partial charge in [0.25, 0.3) is 0 Å². The van der Waals surface area contributed by atoms with Gasteiger partial charge in [-0.25, -0.2) is 0 Å². The summed E-state index contributed by atoms with van der Waals surface area (Å²) in [5.41, 5.74) is 0.838. The maximum Gasteiger partial charge on any atom is 0.238 e. The van der Waals surface area contributed by atoms with Gasteiger partial charge >= 0.3 is 0 Å². The summed E-state index contributed by atoms with van der Waals surface area (Å²) in [7, 11) is 0. The third-order valence-electron chi connectivity index (χ3n) is 1.59. The number of hydrogen-bond acceptors (Lipinski definition) is 2. The second-order valence-corrected chi connectivity index (χ2v) is 2.69. The summed E-state index contributed by atoms with van der Waals surface area (Å²) in [6, 6.07) is 9.43. The van der Waals surface area contributed by atoms with E-state index >= 15 is 0 Å². The van der Waals surface area contributed by atoms with Gasteiger partial charge in [0.05, 0.1) is 6.54 Å². The average molecular weight is 215 g/mol. The number of nitrogens with one attached hydrogen (secondary N) is 2. The van der Waals surface area contributed by atoms with Gasteiger partial charge in [-0.05, 0) is 18.7 Å². The zero-order valence-electron chi connectivity index (χ0n) is 8.12. The fraction of sp³-hybridized carbons (Fsp3) is 0.300. The van der Waals surface area contributed by atoms with Crippen molar-refractivity contribution in [2.24, 2.45) is 0 Å². The topological polar surface area (TPSA) is 41.1 Å². The fourth-order valence-electron chi connectivity index (χ4n) is 0.965. The van der Waals surface area contributed by atoms with Crippen LogP contribution in [-0.2, 0) is 4.79 Å². The molecule has 0 unspecified atom stereocenters. The average Bonchev–Trinajstić information content (AvgIpc) is 2.16. The largest absolute Gasteiger partial charge is 0.325 e. The predicted octanol–water partition coefficient (Wildman–Crippen LogP) is 1.66. The molecule has 2 N–H and O–H groups in total. The van der Waals surface area contributed by atoms with Crippen LogP contribution in [0, 0.1) is 0 Å². The van der Waals surface area contributed by atoms with Gasteiger partial charge in [0.2, 0.25) is 5.91 Å². The SMILES string of the molecule is CCNCC(=O)Nc1ccccc1.Cl. The maximum atomic E-state index is 11.2. The van der Waals surface area contributed by atoms with Crippen molar-refractivity contribution in [3.8, 4) is 0 Å². The number of hydrogen-bond donors (Lipinski definition) is 2. The molecule has 0 radical (unpaired) electrons. The lowest BCUT2D eigenvalue weighted by atomic mass is 10.3. The van der Waals surface area contributed by atoms with Crippen LogP contribution in [0.1, 0.15) is 6.92 Å². The third kappa shape index (κ3) is 4.84. The van der Waals surface area contributed by atoms with E-state index in [1.54, 1.807) is 0 Å². The van der Waals surface area contributed by atoms with Crippen molar-refractivity contribution in [3.63, 3.8) is 0 Å². The summed E-state index contributed by atoms with van der Waals surface area (Å²) in [5, 5.41) is 5.73. The minimum absolute atomic E-state index is 0. The van der Waals surface area contributed by atoms with Gasteiger partial charge in [-0.15, -0.1) is 12.4 Å². The van der Waals surface area contributed by atoms with E-state index in [4.69, 9.17) is 0 Å². The minimum Gasteiger partial charge on any atom is -0.325 e. The number of carbonyl (C=O) groups excluding carboxylic acids is 1. The quantitative estimate of drug-likeness (QED) is 0.801. The van der Waals surface area contributed by atoms with Crippen LogP contribution >= 0.6 is 12.4 Å². The Morgan fingerprint density at radius 1 is 1.29 bits per heavy atom. The molecule has 0 aromatic heterocycles. The highest BCUT2D eigenvalue weighted by molar-refractivity contribution is 5.92. The Morgan fingerprint density at radius 2 is 1.93 bits per heavy atom. The lowest BCUT2D eigenvalue weighted by Crippen LogP contribution is -2.27. The molecule has 1 aromatic rings. The molecule has 0 spiro atoms. The minimum atomic E-state index is -0.00644. The van der Waals surface area contributed by atoms with Crippen molar-refractivity contribution < 1.29 is 4.79 Å². The van der Waals surface area contributed by atoms with Gasteiger partial charge in [0, 0.05) is 5.69 Å². The molecule has 0 saturated heterocycles. The summed E-state index contributed by atoms with van der Waals surface area (Å²) in [6.07, 6.45) is 0. The monoisotopic (exact) mass is 214 g/mol. The van der Waals surface area contributed by atoms with E-state index in [1.165, 1.54) is 0 Å². The van der Waals surface area contributed by atoms with Crippen molar-refractivity contribution in [2.45, 2.75) is 6.92 Å². The van der Waals surface area contributed by atoms with E-state index in [1.807, 2.05) is 37.3 Å². The molecule has 4 heteroatoms. The molecule has 1 amide bonds. The Morgan fingerprint density at radius 3 is 2.50 bits per heavy atom. The number of anilines is 1. The van der Waals surface area contributed by atoms with Crippen LogP contribution in [0.2, 0.25) is 0 Å². The molecule has 78 valence electrons. The van der Waals surface area contributed by atoms with Gasteiger partial charge in [-0.3, -0.25) is 4.79 Å². The van der Waals surface area contributed by atoms with Crippen molar-refractivity contribution in [1.29, 1.82) is 0 Å². The van der Waals surface area contributed by atoms with Crippen LogP contribution in [0.25, 0.3) is 0 Å². The third-order valence-corrected chi connectivity index (χ3v) is 1.59. The van der Waals surface area contributed by atoms with E-state index in [9.17, 15) is 4.79 Å². The second-order valence-electron chi connectivity index (χ2n) is 2.69. The van der Waals surface area contributed by atoms with Gasteiger partial charge in [-0.1, -0.05) is 25.1 Å². The summed E-state index contributed by atoms with van der Waals surface area (Å²) < 4.78 is 0. The first-order valence-corrected chi connectivity index (χ1v) is 4.38. The molecule has 3 nitrogen and oxygen atoms in total. The van der Waals surface area contributed by atoms with Crippen molar-refractivity contribution in [3.05, 3.63) is 30.3 Å². The van der Waals surface area contributed by atoms with Crippen LogP contribution in [0.5, 0.6) is 0 Å². The predicted molar refractivity (Wildman–Crippen MR) is 60.9 cm³/mol. The molecule has 0 aliphatic heterocycles. The number of rotatable bonds is 4. The number of para-hydroxylation sites is 1. The van der Waals surface area contributed by atoms with E-state index in [0.717, 1.165) is 12.2 Å². The highest BCUT2D eigenvalue weighted by Crippen LogP contribution is 2.03. The van der Waals surface area contributed by atoms with E-state index < -0.39 is 0 Å². The van der Waals surface area contributed by atoms with Crippen LogP contribution in [0.4, 0.5) is 5.69 Å². The molecule has 0 aliphatic carbocycles. The molecule has 0 heterocycles. The zero-order valence-corrected chi connectivity index (χ0v) is 8.93. The van der Waals surface area contributed by atoms with Crippen LogP contribution in [0.15, 0.2) is 30.3 Å². The molecule has 0 saturated carbocycles.